The average Bonchev–Trinajstić information content (AvgIpc) is 2.82. The molecular weight excluding hydrogens is 252 g/mol. The number of carbonyl (C=O) groups excluding carboxylic acids is 2. The molecule has 2 atom stereocenters. The van der Waals surface area contributed by atoms with Gasteiger partial charge in [0.1, 0.15) is 0 Å². The number of amides is 2. The number of hydrogen-bond acceptors (Lipinski definition) is 2. The highest BCUT2D eigenvalue weighted by Gasteiger charge is 2.38. The maximum Gasteiger partial charge on any atom is 0.225 e. The van der Waals surface area contributed by atoms with Crippen LogP contribution in [-0.2, 0) is 9.59 Å². The lowest BCUT2D eigenvalue weighted by atomic mass is 9.94. The molecule has 2 amide bonds. The minimum absolute atomic E-state index is 0.0672. The van der Waals surface area contributed by atoms with Crippen molar-refractivity contribution in [2.75, 3.05) is 6.54 Å². The van der Waals surface area contributed by atoms with Gasteiger partial charge >= 0.3 is 0 Å². The lowest BCUT2D eigenvalue weighted by Crippen LogP contribution is -2.41. The fraction of sp³-hybridized carbons (Fsp3) is 0.875. The number of likely N-dealkylation sites (tertiary alicyclic amines) is 1. The number of hydrogen-bond donors (Lipinski definition) is 1. The van der Waals surface area contributed by atoms with Crippen LogP contribution >= 0.6 is 0 Å². The molecular formula is C16H28N2O2. The van der Waals surface area contributed by atoms with Gasteiger partial charge in [-0.05, 0) is 26.2 Å². The second kappa shape index (κ2) is 7.09. The van der Waals surface area contributed by atoms with E-state index in [1.54, 1.807) is 0 Å². The van der Waals surface area contributed by atoms with Gasteiger partial charge in [0.2, 0.25) is 11.8 Å². The van der Waals surface area contributed by atoms with E-state index in [0.717, 1.165) is 25.7 Å². The molecule has 1 saturated heterocycles. The van der Waals surface area contributed by atoms with Crippen molar-refractivity contribution in [3.8, 4) is 0 Å². The third kappa shape index (κ3) is 3.74. The van der Waals surface area contributed by atoms with Gasteiger partial charge < -0.3 is 10.2 Å². The van der Waals surface area contributed by atoms with Gasteiger partial charge in [-0.3, -0.25) is 9.59 Å². The molecule has 0 radical (unpaired) electrons. The van der Waals surface area contributed by atoms with Gasteiger partial charge in [0.15, 0.2) is 0 Å². The van der Waals surface area contributed by atoms with Crippen LogP contribution in [0.25, 0.3) is 0 Å². The highest BCUT2D eigenvalue weighted by molar-refractivity contribution is 5.89. The van der Waals surface area contributed by atoms with E-state index in [1.165, 1.54) is 19.3 Å². The largest absolute Gasteiger partial charge is 0.353 e. The molecule has 1 heterocycles. The first kappa shape index (κ1) is 15.3. The first-order valence-electron chi connectivity index (χ1n) is 8.21. The highest BCUT2D eigenvalue weighted by Crippen LogP contribution is 2.28. The predicted octanol–water partition coefficient (Wildman–Crippen LogP) is 2.47. The Morgan fingerprint density at radius 2 is 2.05 bits per heavy atom. The molecule has 0 aromatic heterocycles. The summed E-state index contributed by atoms with van der Waals surface area (Å²) in [5, 5.41) is 3.05. The molecule has 4 nitrogen and oxygen atoms in total. The molecule has 1 aliphatic heterocycles. The van der Waals surface area contributed by atoms with Gasteiger partial charge in [0.25, 0.3) is 0 Å². The SMILES string of the molecule is CCCC(C)NC(=O)C1CC(=O)N(C2CCCCC2)C1. The van der Waals surface area contributed by atoms with E-state index < -0.39 is 0 Å². The lowest BCUT2D eigenvalue weighted by molar-refractivity contribution is -0.130. The molecule has 2 aliphatic rings. The Bertz CT molecular complexity index is 350. The van der Waals surface area contributed by atoms with E-state index in [1.807, 2.05) is 11.8 Å². The lowest BCUT2D eigenvalue weighted by Gasteiger charge is -2.31. The third-order valence-corrected chi connectivity index (χ3v) is 4.66. The van der Waals surface area contributed by atoms with E-state index in [0.29, 0.717) is 19.0 Å². The molecule has 1 saturated carbocycles. The Kier molecular flexibility index (Phi) is 5.44. The topological polar surface area (TPSA) is 49.4 Å². The monoisotopic (exact) mass is 280 g/mol. The molecule has 1 aliphatic carbocycles. The second-order valence-electron chi connectivity index (χ2n) is 6.44. The zero-order valence-electron chi connectivity index (χ0n) is 12.9. The van der Waals surface area contributed by atoms with E-state index in [4.69, 9.17) is 0 Å². The summed E-state index contributed by atoms with van der Waals surface area (Å²) in [4.78, 5) is 26.3. The third-order valence-electron chi connectivity index (χ3n) is 4.66. The number of carbonyl (C=O) groups is 2. The summed E-state index contributed by atoms with van der Waals surface area (Å²) in [5.74, 6) is 0.113. The Morgan fingerprint density at radius 3 is 2.70 bits per heavy atom. The zero-order chi connectivity index (χ0) is 14.5. The molecule has 2 unspecified atom stereocenters. The fourth-order valence-corrected chi connectivity index (χ4v) is 3.52. The van der Waals surface area contributed by atoms with Crippen LogP contribution in [0.5, 0.6) is 0 Å². The van der Waals surface area contributed by atoms with Crippen LogP contribution in [0.2, 0.25) is 0 Å². The van der Waals surface area contributed by atoms with Crippen molar-refractivity contribution in [1.29, 1.82) is 0 Å². The van der Waals surface area contributed by atoms with Gasteiger partial charge in [-0.2, -0.15) is 0 Å². The van der Waals surface area contributed by atoms with Crippen molar-refractivity contribution < 1.29 is 9.59 Å². The fourth-order valence-electron chi connectivity index (χ4n) is 3.52. The smallest absolute Gasteiger partial charge is 0.225 e. The van der Waals surface area contributed by atoms with Crippen molar-refractivity contribution in [1.82, 2.24) is 10.2 Å². The van der Waals surface area contributed by atoms with Crippen molar-refractivity contribution in [2.45, 2.75) is 77.3 Å². The maximum atomic E-state index is 12.2. The van der Waals surface area contributed by atoms with Gasteiger partial charge in [-0.1, -0.05) is 32.6 Å². The van der Waals surface area contributed by atoms with E-state index >= 15 is 0 Å². The summed E-state index contributed by atoms with van der Waals surface area (Å²) in [6, 6.07) is 0.605. The molecule has 0 bridgehead atoms. The van der Waals surface area contributed by atoms with Crippen LogP contribution in [0.4, 0.5) is 0 Å². The maximum absolute atomic E-state index is 12.2. The Morgan fingerprint density at radius 1 is 1.35 bits per heavy atom. The van der Waals surface area contributed by atoms with E-state index in [-0.39, 0.29) is 23.8 Å². The zero-order valence-corrected chi connectivity index (χ0v) is 12.9. The molecule has 2 fully saturated rings. The summed E-state index contributed by atoms with van der Waals surface area (Å²) in [6.45, 7) is 4.79. The molecule has 4 heteroatoms. The first-order valence-corrected chi connectivity index (χ1v) is 8.21. The molecule has 0 aromatic carbocycles. The highest BCUT2D eigenvalue weighted by atomic mass is 16.2. The van der Waals surface area contributed by atoms with Crippen molar-refractivity contribution in [3.63, 3.8) is 0 Å². The van der Waals surface area contributed by atoms with Crippen LogP contribution < -0.4 is 5.32 Å². The second-order valence-corrected chi connectivity index (χ2v) is 6.44. The van der Waals surface area contributed by atoms with Crippen LogP contribution in [0, 0.1) is 5.92 Å². The molecule has 0 aromatic rings. The summed E-state index contributed by atoms with van der Waals surface area (Å²) in [6.07, 6.45) is 8.44. The summed E-state index contributed by atoms with van der Waals surface area (Å²) >= 11 is 0. The minimum Gasteiger partial charge on any atom is -0.353 e. The van der Waals surface area contributed by atoms with Crippen molar-refractivity contribution in [3.05, 3.63) is 0 Å². The van der Waals surface area contributed by atoms with Crippen molar-refractivity contribution in [2.24, 2.45) is 5.92 Å². The molecule has 20 heavy (non-hydrogen) atoms. The van der Waals surface area contributed by atoms with E-state index in [2.05, 4.69) is 12.2 Å². The molecule has 1 N–H and O–H groups in total. The quantitative estimate of drug-likeness (QED) is 0.841. The molecule has 2 rings (SSSR count). The minimum atomic E-state index is -0.135. The van der Waals surface area contributed by atoms with Crippen LogP contribution in [0.15, 0.2) is 0 Å². The van der Waals surface area contributed by atoms with Gasteiger partial charge in [0.05, 0.1) is 5.92 Å². The average molecular weight is 280 g/mol. The van der Waals surface area contributed by atoms with Crippen LogP contribution in [0.3, 0.4) is 0 Å². The van der Waals surface area contributed by atoms with Gasteiger partial charge in [-0.25, -0.2) is 0 Å². The van der Waals surface area contributed by atoms with Crippen molar-refractivity contribution >= 4 is 11.8 Å². The number of nitrogens with one attached hydrogen (secondary N) is 1. The number of rotatable bonds is 5. The normalized spacial score (nSPS) is 25.8. The van der Waals surface area contributed by atoms with Crippen LogP contribution in [0.1, 0.15) is 65.2 Å². The Hall–Kier alpha value is -1.06. The summed E-state index contributed by atoms with van der Waals surface area (Å²) in [7, 11) is 0. The number of nitrogens with zero attached hydrogens (tertiary/aromatic N) is 1. The first-order chi connectivity index (χ1) is 9.61. The van der Waals surface area contributed by atoms with Gasteiger partial charge in [0, 0.05) is 25.0 Å². The van der Waals surface area contributed by atoms with E-state index in [9.17, 15) is 9.59 Å². The predicted molar refractivity (Wildman–Crippen MR) is 79.2 cm³/mol. The van der Waals surface area contributed by atoms with Gasteiger partial charge in [-0.15, -0.1) is 0 Å². The Labute approximate surface area is 122 Å². The summed E-state index contributed by atoms with van der Waals surface area (Å²) < 4.78 is 0. The van der Waals surface area contributed by atoms with Crippen LogP contribution in [-0.4, -0.2) is 35.3 Å². The Balaban J connectivity index is 1.86. The summed E-state index contributed by atoms with van der Waals surface area (Å²) in [5.41, 5.74) is 0. The molecule has 114 valence electrons. The molecule has 0 spiro atoms. The standard InChI is InChI=1S/C16H28N2O2/c1-3-7-12(2)17-16(20)13-10-15(19)18(11-13)14-8-5-4-6-9-14/h12-14H,3-11H2,1-2H3,(H,17,20).